The van der Waals surface area contributed by atoms with Crippen molar-refractivity contribution in [2.24, 2.45) is 0 Å². The van der Waals surface area contributed by atoms with Crippen molar-refractivity contribution in [1.82, 2.24) is 4.98 Å². The molecule has 0 radical (unpaired) electrons. The number of carbonyl (C=O) groups is 1. The molecule has 0 aliphatic rings. The molecule has 8 heteroatoms. The first kappa shape index (κ1) is 21.3. The summed E-state index contributed by atoms with van der Waals surface area (Å²) in [6.07, 6.45) is 0. The van der Waals surface area contributed by atoms with Crippen LogP contribution < -0.4 is 11.1 Å². The normalized spacial score (nSPS) is 10.8. The van der Waals surface area contributed by atoms with Crippen molar-refractivity contribution < 1.29 is 9.72 Å². The van der Waals surface area contributed by atoms with E-state index < -0.39 is 10.8 Å². The van der Waals surface area contributed by atoms with E-state index in [1.54, 1.807) is 6.07 Å². The van der Waals surface area contributed by atoms with Crippen molar-refractivity contribution in [3.63, 3.8) is 0 Å². The number of anilines is 2. The Bertz CT molecular complexity index is 1530. The molecule has 3 N–H and O–H groups in total. The molecule has 0 saturated heterocycles. The van der Waals surface area contributed by atoms with Crippen LogP contribution in [0.3, 0.4) is 0 Å². The second-order valence-electron chi connectivity index (χ2n) is 7.57. The zero-order valence-corrected chi connectivity index (χ0v) is 18.6. The number of thiophene rings is 1. The number of nitrogens with two attached hydrogens (primary N) is 1. The maximum atomic E-state index is 13.1. The molecule has 3 aromatic carbocycles. The first-order valence-corrected chi connectivity index (χ1v) is 11.2. The van der Waals surface area contributed by atoms with Gasteiger partial charge >= 0.3 is 0 Å². The summed E-state index contributed by atoms with van der Waals surface area (Å²) in [5.41, 5.74) is 10.6. The van der Waals surface area contributed by atoms with E-state index in [2.05, 4.69) is 5.32 Å². The van der Waals surface area contributed by atoms with Crippen LogP contribution in [0.4, 0.5) is 17.1 Å². The SMILES string of the molecule is Nc1c(C(=O)Nc2cccc([N+](=O)[O-])c2)sc2nc(-c3ccccc3)cc(-c3ccccc3)c12. The van der Waals surface area contributed by atoms with E-state index in [-0.39, 0.29) is 5.69 Å². The smallest absolute Gasteiger partial charge is 0.271 e. The lowest BCUT2D eigenvalue weighted by atomic mass is 9.99. The third-order valence-corrected chi connectivity index (χ3v) is 6.47. The van der Waals surface area contributed by atoms with Crippen LogP contribution in [0.1, 0.15) is 9.67 Å². The van der Waals surface area contributed by atoms with Gasteiger partial charge in [0.05, 0.1) is 16.3 Å². The van der Waals surface area contributed by atoms with Crippen molar-refractivity contribution in [3.05, 3.63) is 106 Å². The monoisotopic (exact) mass is 466 g/mol. The fourth-order valence-electron chi connectivity index (χ4n) is 3.78. The van der Waals surface area contributed by atoms with E-state index in [4.69, 9.17) is 10.7 Å². The van der Waals surface area contributed by atoms with Gasteiger partial charge in [-0.05, 0) is 23.3 Å². The Morgan fingerprint density at radius 2 is 1.59 bits per heavy atom. The van der Waals surface area contributed by atoms with Gasteiger partial charge in [-0.25, -0.2) is 4.98 Å². The Morgan fingerprint density at radius 1 is 0.912 bits per heavy atom. The predicted octanol–water partition coefficient (Wildman–Crippen LogP) is 6.37. The van der Waals surface area contributed by atoms with Crippen LogP contribution in [0.5, 0.6) is 0 Å². The zero-order chi connectivity index (χ0) is 23.7. The summed E-state index contributed by atoms with van der Waals surface area (Å²) in [5.74, 6) is -0.443. The number of benzene rings is 3. The second-order valence-corrected chi connectivity index (χ2v) is 8.57. The van der Waals surface area contributed by atoms with Gasteiger partial charge in [0.25, 0.3) is 11.6 Å². The first-order chi connectivity index (χ1) is 16.5. The quantitative estimate of drug-likeness (QED) is 0.231. The third kappa shape index (κ3) is 3.98. The first-order valence-electron chi connectivity index (χ1n) is 10.4. The molecular formula is C26H18N4O3S. The number of rotatable bonds is 5. The molecule has 0 aliphatic carbocycles. The maximum Gasteiger partial charge on any atom is 0.271 e. The molecule has 0 bridgehead atoms. The Morgan fingerprint density at radius 3 is 2.26 bits per heavy atom. The lowest BCUT2D eigenvalue weighted by Gasteiger charge is -2.09. The average molecular weight is 467 g/mol. The summed E-state index contributed by atoms with van der Waals surface area (Å²) in [5, 5.41) is 14.5. The van der Waals surface area contributed by atoms with Gasteiger partial charge < -0.3 is 11.1 Å². The lowest BCUT2D eigenvalue weighted by molar-refractivity contribution is -0.384. The molecule has 2 heterocycles. The van der Waals surface area contributed by atoms with Gasteiger partial charge in [-0.2, -0.15) is 0 Å². The Labute approximate surface area is 198 Å². The summed E-state index contributed by atoms with van der Waals surface area (Å²) in [4.78, 5) is 29.4. The van der Waals surface area contributed by atoms with Gasteiger partial charge in [0.15, 0.2) is 0 Å². The van der Waals surface area contributed by atoms with Crippen molar-refractivity contribution >= 4 is 44.5 Å². The number of amides is 1. The lowest BCUT2D eigenvalue weighted by Crippen LogP contribution is -2.12. The number of nitrogen functional groups attached to an aromatic ring is 1. The molecule has 0 unspecified atom stereocenters. The maximum absolute atomic E-state index is 13.1. The highest BCUT2D eigenvalue weighted by atomic mass is 32.1. The third-order valence-electron chi connectivity index (χ3n) is 5.37. The molecule has 0 spiro atoms. The largest absolute Gasteiger partial charge is 0.397 e. The number of hydrogen-bond donors (Lipinski definition) is 2. The van der Waals surface area contributed by atoms with Gasteiger partial charge in [0.2, 0.25) is 0 Å². The molecule has 0 fully saturated rings. The second kappa shape index (κ2) is 8.76. The molecule has 0 atom stereocenters. The van der Waals surface area contributed by atoms with Gasteiger partial charge in [0, 0.05) is 28.8 Å². The van der Waals surface area contributed by atoms with E-state index in [0.717, 1.165) is 22.4 Å². The van der Waals surface area contributed by atoms with Crippen LogP contribution in [0.25, 0.3) is 32.6 Å². The van der Waals surface area contributed by atoms with Crippen molar-refractivity contribution in [2.45, 2.75) is 0 Å². The van der Waals surface area contributed by atoms with Crippen LogP contribution in [-0.2, 0) is 0 Å². The van der Waals surface area contributed by atoms with Gasteiger partial charge in [0.1, 0.15) is 9.71 Å². The number of nitro benzene ring substituents is 1. The Balaban J connectivity index is 1.63. The zero-order valence-electron chi connectivity index (χ0n) is 17.8. The van der Waals surface area contributed by atoms with Gasteiger partial charge in [-0.15, -0.1) is 11.3 Å². The molecule has 34 heavy (non-hydrogen) atoms. The Hall–Kier alpha value is -4.56. The summed E-state index contributed by atoms with van der Waals surface area (Å²) < 4.78 is 0. The number of nitrogens with zero attached hydrogens (tertiary/aromatic N) is 2. The van der Waals surface area contributed by atoms with E-state index >= 15 is 0 Å². The summed E-state index contributed by atoms with van der Waals surface area (Å²) in [6, 6.07) is 27.4. The fraction of sp³-hybridized carbons (Fsp3) is 0. The van der Waals surface area contributed by atoms with Crippen LogP contribution in [0.2, 0.25) is 0 Å². The van der Waals surface area contributed by atoms with Crippen molar-refractivity contribution in [3.8, 4) is 22.4 Å². The van der Waals surface area contributed by atoms with Crippen LogP contribution in [0, 0.1) is 10.1 Å². The number of carbonyl (C=O) groups excluding carboxylic acids is 1. The predicted molar refractivity (Wildman–Crippen MR) is 136 cm³/mol. The van der Waals surface area contributed by atoms with E-state index in [0.29, 0.717) is 26.5 Å². The minimum absolute atomic E-state index is 0.109. The van der Waals surface area contributed by atoms with Crippen LogP contribution in [-0.4, -0.2) is 15.8 Å². The topological polar surface area (TPSA) is 111 Å². The number of fused-ring (bicyclic) bond motifs is 1. The molecule has 2 aromatic heterocycles. The standard InChI is InChI=1S/C26H18N4O3S/c27-23-22-20(16-8-3-1-4-9-16)15-21(17-10-5-2-6-11-17)29-26(22)34-24(23)25(31)28-18-12-7-13-19(14-18)30(32)33/h1-15H,27H2,(H,28,31). The number of nitro groups is 1. The molecule has 0 aliphatic heterocycles. The highest BCUT2D eigenvalue weighted by molar-refractivity contribution is 7.21. The molecule has 5 aromatic rings. The number of nitrogens with one attached hydrogen (secondary N) is 1. The van der Waals surface area contributed by atoms with E-state index in [1.165, 1.54) is 29.5 Å². The van der Waals surface area contributed by atoms with E-state index in [9.17, 15) is 14.9 Å². The molecule has 0 saturated carbocycles. The number of non-ortho nitro benzene ring substituents is 1. The summed E-state index contributed by atoms with van der Waals surface area (Å²) >= 11 is 1.20. The van der Waals surface area contributed by atoms with Crippen molar-refractivity contribution in [1.29, 1.82) is 0 Å². The van der Waals surface area contributed by atoms with Crippen LogP contribution >= 0.6 is 11.3 Å². The van der Waals surface area contributed by atoms with Gasteiger partial charge in [-0.3, -0.25) is 14.9 Å². The number of pyridine rings is 1. The molecule has 166 valence electrons. The minimum atomic E-state index is -0.509. The Kier molecular flexibility index (Phi) is 5.49. The van der Waals surface area contributed by atoms with E-state index in [1.807, 2.05) is 66.7 Å². The average Bonchev–Trinajstić information content (AvgIpc) is 3.21. The highest BCUT2D eigenvalue weighted by Gasteiger charge is 2.22. The number of hydrogen-bond acceptors (Lipinski definition) is 6. The fourth-order valence-corrected chi connectivity index (χ4v) is 4.79. The number of aromatic nitrogens is 1. The van der Waals surface area contributed by atoms with Crippen molar-refractivity contribution in [2.75, 3.05) is 11.1 Å². The summed E-state index contributed by atoms with van der Waals surface area (Å²) in [7, 11) is 0. The van der Waals surface area contributed by atoms with Crippen LogP contribution in [0.15, 0.2) is 91.0 Å². The van der Waals surface area contributed by atoms with Gasteiger partial charge in [-0.1, -0.05) is 66.7 Å². The molecule has 1 amide bonds. The summed E-state index contributed by atoms with van der Waals surface area (Å²) in [6.45, 7) is 0. The minimum Gasteiger partial charge on any atom is -0.397 e. The molecule has 7 nitrogen and oxygen atoms in total. The highest BCUT2D eigenvalue weighted by Crippen LogP contribution is 2.41. The molecule has 5 rings (SSSR count). The molecular weight excluding hydrogens is 448 g/mol.